The third-order valence-corrected chi connectivity index (χ3v) is 3.00. The Morgan fingerprint density at radius 3 is 2.70 bits per heavy atom. The Morgan fingerprint density at radius 2 is 2.05 bits per heavy atom. The second kappa shape index (κ2) is 6.52. The summed E-state index contributed by atoms with van der Waals surface area (Å²) in [5, 5.41) is 13.8. The number of rotatable bonds is 6. The molecule has 5 nitrogen and oxygen atoms in total. The molecule has 1 aromatic carbocycles. The second-order valence-electron chi connectivity index (χ2n) is 4.95. The lowest BCUT2D eigenvalue weighted by atomic mass is 10.1. The SMILES string of the molecule is CCC(O)c1ccccc1OCc1noc(C(C)C)n1. The van der Waals surface area contributed by atoms with Crippen molar-refractivity contribution in [3.63, 3.8) is 0 Å². The smallest absolute Gasteiger partial charge is 0.229 e. The van der Waals surface area contributed by atoms with Crippen LogP contribution >= 0.6 is 0 Å². The van der Waals surface area contributed by atoms with Crippen LogP contribution in [0.2, 0.25) is 0 Å². The maximum absolute atomic E-state index is 9.95. The Hall–Kier alpha value is -1.88. The van der Waals surface area contributed by atoms with E-state index in [0.29, 0.717) is 23.9 Å². The number of ether oxygens (including phenoxy) is 1. The van der Waals surface area contributed by atoms with Gasteiger partial charge in [0.2, 0.25) is 11.7 Å². The molecule has 0 saturated carbocycles. The van der Waals surface area contributed by atoms with E-state index in [-0.39, 0.29) is 12.5 Å². The highest BCUT2D eigenvalue weighted by atomic mass is 16.5. The van der Waals surface area contributed by atoms with Crippen molar-refractivity contribution < 1.29 is 14.4 Å². The minimum absolute atomic E-state index is 0.199. The zero-order valence-electron chi connectivity index (χ0n) is 12.0. The summed E-state index contributed by atoms with van der Waals surface area (Å²) in [5.41, 5.74) is 0.780. The lowest BCUT2D eigenvalue weighted by molar-refractivity contribution is 0.165. The van der Waals surface area contributed by atoms with Crippen molar-refractivity contribution in [3.05, 3.63) is 41.5 Å². The van der Waals surface area contributed by atoms with Gasteiger partial charge in [0, 0.05) is 11.5 Å². The van der Waals surface area contributed by atoms with Crippen LogP contribution in [-0.4, -0.2) is 15.2 Å². The lowest BCUT2D eigenvalue weighted by Gasteiger charge is -2.13. The van der Waals surface area contributed by atoms with E-state index < -0.39 is 6.10 Å². The van der Waals surface area contributed by atoms with Crippen molar-refractivity contribution in [2.24, 2.45) is 0 Å². The van der Waals surface area contributed by atoms with Crippen molar-refractivity contribution in [1.29, 1.82) is 0 Å². The molecule has 1 N–H and O–H groups in total. The van der Waals surface area contributed by atoms with E-state index in [1.165, 1.54) is 0 Å². The summed E-state index contributed by atoms with van der Waals surface area (Å²) >= 11 is 0. The zero-order valence-corrected chi connectivity index (χ0v) is 12.0. The molecule has 0 fully saturated rings. The first-order chi connectivity index (χ1) is 9.61. The number of para-hydroxylation sites is 1. The molecule has 2 aromatic rings. The van der Waals surface area contributed by atoms with Crippen molar-refractivity contribution in [2.45, 2.75) is 45.8 Å². The highest BCUT2D eigenvalue weighted by Crippen LogP contribution is 2.27. The second-order valence-corrected chi connectivity index (χ2v) is 4.95. The third-order valence-electron chi connectivity index (χ3n) is 3.00. The normalized spacial score (nSPS) is 12.7. The van der Waals surface area contributed by atoms with Crippen LogP contribution in [-0.2, 0) is 6.61 Å². The van der Waals surface area contributed by atoms with Gasteiger partial charge in [-0.25, -0.2) is 0 Å². The number of aliphatic hydroxyl groups is 1. The van der Waals surface area contributed by atoms with Crippen LogP contribution in [0.3, 0.4) is 0 Å². The van der Waals surface area contributed by atoms with Gasteiger partial charge in [-0.2, -0.15) is 4.98 Å². The number of benzene rings is 1. The summed E-state index contributed by atoms with van der Waals surface area (Å²) in [6.07, 6.45) is 0.114. The highest BCUT2D eigenvalue weighted by Gasteiger charge is 2.13. The van der Waals surface area contributed by atoms with Crippen LogP contribution in [0, 0.1) is 0 Å². The number of hydrogen-bond donors (Lipinski definition) is 1. The van der Waals surface area contributed by atoms with E-state index in [9.17, 15) is 5.11 Å². The Balaban J connectivity index is 2.06. The standard InChI is InChI=1S/C15H20N2O3/c1-4-12(18)11-7-5-6-8-13(11)19-9-14-16-15(10(2)3)20-17-14/h5-8,10,12,18H,4,9H2,1-3H3. The zero-order chi connectivity index (χ0) is 14.5. The van der Waals surface area contributed by atoms with E-state index in [0.717, 1.165) is 5.56 Å². The van der Waals surface area contributed by atoms with Gasteiger partial charge in [-0.15, -0.1) is 0 Å². The van der Waals surface area contributed by atoms with Gasteiger partial charge in [0.15, 0.2) is 6.61 Å². The van der Waals surface area contributed by atoms with Crippen molar-refractivity contribution in [1.82, 2.24) is 10.1 Å². The molecule has 1 unspecified atom stereocenters. The summed E-state index contributed by atoms with van der Waals surface area (Å²) in [5.74, 6) is 1.96. The molecular weight excluding hydrogens is 256 g/mol. The molecule has 1 heterocycles. The van der Waals surface area contributed by atoms with E-state index in [1.807, 2.05) is 45.0 Å². The van der Waals surface area contributed by atoms with Crippen LogP contribution in [0.5, 0.6) is 5.75 Å². The Kier molecular flexibility index (Phi) is 4.74. The molecule has 5 heteroatoms. The monoisotopic (exact) mass is 276 g/mol. The summed E-state index contributed by atoms with van der Waals surface area (Å²) in [6.45, 7) is 6.13. The fourth-order valence-corrected chi connectivity index (χ4v) is 1.81. The number of aliphatic hydroxyl groups excluding tert-OH is 1. The topological polar surface area (TPSA) is 68.4 Å². The van der Waals surface area contributed by atoms with Gasteiger partial charge in [0.25, 0.3) is 0 Å². The lowest BCUT2D eigenvalue weighted by Crippen LogP contribution is -2.03. The predicted octanol–water partition coefficient (Wildman–Crippen LogP) is 3.22. The maximum Gasteiger partial charge on any atom is 0.229 e. The quantitative estimate of drug-likeness (QED) is 0.877. The van der Waals surface area contributed by atoms with Crippen molar-refractivity contribution in [3.8, 4) is 5.75 Å². The van der Waals surface area contributed by atoms with Crippen molar-refractivity contribution in [2.75, 3.05) is 0 Å². The molecule has 2 rings (SSSR count). The van der Waals surface area contributed by atoms with Crippen molar-refractivity contribution >= 4 is 0 Å². The van der Waals surface area contributed by atoms with Gasteiger partial charge in [0.05, 0.1) is 6.10 Å². The number of nitrogens with zero attached hydrogens (tertiary/aromatic N) is 2. The fourth-order valence-electron chi connectivity index (χ4n) is 1.81. The van der Waals surface area contributed by atoms with Gasteiger partial charge >= 0.3 is 0 Å². The Bertz CT molecular complexity index is 552. The molecular formula is C15H20N2O3. The van der Waals surface area contributed by atoms with E-state index in [2.05, 4.69) is 10.1 Å². The summed E-state index contributed by atoms with van der Waals surface area (Å²) in [6, 6.07) is 7.44. The summed E-state index contributed by atoms with van der Waals surface area (Å²) in [7, 11) is 0. The largest absolute Gasteiger partial charge is 0.485 e. The molecule has 0 spiro atoms. The molecule has 108 valence electrons. The average Bonchev–Trinajstić information content (AvgIpc) is 2.93. The minimum Gasteiger partial charge on any atom is -0.485 e. The van der Waals surface area contributed by atoms with E-state index in [4.69, 9.17) is 9.26 Å². The Morgan fingerprint density at radius 1 is 1.30 bits per heavy atom. The first-order valence-corrected chi connectivity index (χ1v) is 6.84. The summed E-state index contributed by atoms with van der Waals surface area (Å²) < 4.78 is 10.8. The highest BCUT2D eigenvalue weighted by molar-refractivity contribution is 5.35. The first kappa shape index (κ1) is 14.5. The minimum atomic E-state index is -0.525. The van der Waals surface area contributed by atoms with Crippen LogP contribution in [0.15, 0.2) is 28.8 Å². The van der Waals surface area contributed by atoms with Crippen LogP contribution < -0.4 is 4.74 Å². The van der Waals surface area contributed by atoms with Gasteiger partial charge in [-0.3, -0.25) is 0 Å². The summed E-state index contributed by atoms with van der Waals surface area (Å²) in [4.78, 5) is 4.25. The van der Waals surface area contributed by atoms with Gasteiger partial charge in [-0.05, 0) is 12.5 Å². The molecule has 0 saturated heterocycles. The van der Waals surface area contributed by atoms with Crippen LogP contribution in [0.4, 0.5) is 0 Å². The van der Waals surface area contributed by atoms with Crippen LogP contribution in [0.25, 0.3) is 0 Å². The van der Waals surface area contributed by atoms with E-state index >= 15 is 0 Å². The molecule has 20 heavy (non-hydrogen) atoms. The average molecular weight is 276 g/mol. The molecule has 0 radical (unpaired) electrons. The fraction of sp³-hybridized carbons (Fsp3) is 0.467. The van der Waals surface area contributed by atoms with Gasteiger partial charge < -0.3 is 14.4 Å². The van der Waals surface area contributed by atoms with Crippen LogP contribution in [0.1, 0.15) is 56.5 Å². The van der Waals surface area contributed by atoms with Gasteiger partial charge in [-0.1, -0.05) is 44.1 Å². The third kappa shape index (κ3) is 3.36. The molecule has 0 aliphatic carbocycles. The number of hydrogen-bond acceptors (Lipinski definition) is 5. The first-order valence-electron chi connectivity index (χ1n) is 6.84. The molecule has 0 bridgehead atoms. The molecule has 0 aliphatic rings. The van der Waals surface area contributed by atoms with E-state index in [1.54, 1.807) is 0 Å². The molecule has 1 aromatic heterocycles. The maximum atomic E-state index is 9.95. The Labute approximate surface area is 118 Å². The number of aromatic nitrogens is 2. The molecule has 0 aliphatic heterocycles. The molecule has 0 amide bonds. The molecule has 1 atom stereocenters. The van der Waals surface area contributed by atoms with Gasteiger partial charge in [0.1, 0.15) is 5.75 Å². The predicted molar refractivity (Wildman–Crippen MR) is 74.4 cm³/mol.